The average Bonchev–Trinajstić information content (AvgIpc) is 2.82. The fraction of sp³-hybridized carbons (Fsp3) is 0.750. The van der Waals surface area contributed by atoms with Gasteiger partial charge in [0.2, 0.25) is 11.8 Å². The van der Waals surface area contributed by atoms with Crippen molar-refractivity contribution in [1.29, 1.82) is 0 Å². The van der Waals surface area contributed by atoms with Gasteiger partial charge in [0.05, 0.1) is 5.54 Å². The van der Waals surface area contributed by atoms with E-state index in [2.05, 4.69) is 11.2 Å². The zero-order chi connectivity index (χ0) is 15.1. The molecule has 1 saturated carbocycles. The highest BCUT2D eigenvalue weighted by Gasteiger charge is 2.55. The number of rotatable bonds is 2. The van der Waals surface area contributed by atoms with Gasteiger partial charge in [0.15, 0.2) is 0 Å². The van der Waals surface area contributed by atoms with Crippen molar-refractivity contribution in [2.75, 3.05) is 0 Å². The second kappa shape index (κ2) is 4.80. The summed E-state index contributed by atoms with van der Waals surface area (Å²) in [7, 11) is 0. The van der Waals surface area contributed by atoms with Crippen molar-refractivity contribution < 1.29 is 9.59 Å². The Kier molecular flexibility index (Phi) is 3.58. The van der Waals surface area contributed by atoms with Crippen molar-refractivity contribution in [2.45, 2.75) is 70.5 Å². The van der Waals surface area contributed by atoms with Crippen LogP contribution >= 0.6 is 0 Å². The molecule has 1 spiro atoms. The second-order valence-electron chi connectivity index (χ2n) is 6.85. The van der Waals surface area contributed by atoms with Gasteiger partial charge in [-0.15, -0.1) is 6.42 Å². The van der Waals surface area contributed by atoms with Crippen LogP contribution in [0.15, 0.2) is 0 Å². The van der Waals surface area contributed by atoms with E-state index in [-0.39, 0.29) is 17.7 Å². The molecule has 1 aliphatic carbocycles. The van der Waals surface area contributed by atoms with Crippen LogP contribution < -0.4 is 5.32 Å². The third-order valence-electron chi connectivity index (χ3n) is 4.58. The SMILES string of the molecule is C#CC(C)(C)N1C(=O)C2(CCCC2)NC(=O)C1C(C)C. The molecule has 0 aromatic rings. The number of carbonyl (C=O) groups excluding carboxylic acids is 2. The number of hydrogen-bond donors (Lipinski definition) is 1. The van der Waals surface area contributed by atoms with Crippen molar-refractivity contribution in [2.24, 2.45) is 5.92 Å². The summed E-state index contributed by atoms with van der Waals surface area (Å²) in [6.07, 6.45) is 9.01. The summed E-state index contributed by atoms with van der Waals surface area (Å²) in [6, 6.07) is -0.486. The molecule has 0 bridgehead atoms. The Morgan fingerprint density at radius 2 is 1.90 bits per heavy atom. The fourth-order valence-electron chi connectivity index (χ4n) is 3.43. The molecule has 0 radical (unpaired) electrons. The van der Waals surface area contributed by atoms with Gasteiger partial charge in [0, 0.05) is 0 Å². The van der Waals surface area contributed by atoms with Gasteiger partial charge < -0.3 is 10.2 Å². The molecule has 1 N–H and O–H groups in total. The molecule has 4 heteroatoms. The number of terminal acetylenes is 1. The number of hydrogen-bond acceptors (Lipinski definition) is 2. The molecule has 4 nitrogen and oxygen atoms in total. The molecule has 1 heterocycles. The molecular weight excluding hydrogens is 252 g/mol. The Morgan fingerprint density at radius 1 is 1.35 bits per heavy atom. The zero-order valence-electron chi connectivity index (χ0n) is 12.8. The van der Waals surface area contributed by atoms with Crippen molar-refractivity contribution in [1.82, 2.24) is 10.2 Å². The number of carbonyl (C=O) groups is 2. The Morgan fingerprint density at radius 3 is 2.35 bits per heavy atom. The Labute approximate surface area is 121 Å². The van der Waals surface area contributed by atoms with E-state index in [1.54, 1.807) is 4.90 Å². The van der Waals surface area contributed by atoms with Gasteiger partial charge in [-0.2, -0.15) is 0 Å². The third-order valence-corrected chi connectivity index (χ3v) is 4.58. The first kappa shape index (κ1) is 14.9. The Hall–Kier alpha value is -1.50. The van der Waals surface area contributed by atoms with Crippen molar-refractivity contribution in [3.8, 4) is 12.3 Å². The predicted octanol–water partition coefficient (Wildman–Crippen LogP) is 1.69. The van der Waals surface area contributed by atoms with Gasteiger partial charge in [-0.1, -0.05) is 32.6 Å². The minimum atomic E-state index is -0.751. The molecule has 1 unspecified atom stereocenters. The monoisotopic (exact) mass is 276 g/mol. The lowest BCUT2D eigenvalue weighted by Crippen LogP contribution is -2.74. The lowest BCUT2D eigenvalue weighted by Gasteiger charge is -2.50. The molecule has 1 atom stereocenters. The van der Waals surface area contributed by atoms with Gasteiger partial charge in [0.1, 0.15) is 11.6 Å². The maximum absolute atomic E-state index is 13.0. The van der Waals surface area contributed by atoms with E-state index in [9.17, 15) is 9.59 Å². The van der Waals surface area contributed by atoms with E-state index < -0.39 is 17.1 Å². The number of amides is 2. The quantitative estimate of drug-likeness (QED) is 0.780. The van der Waals surface area contributed by atoms with Gasteiger partial charge in [-0.3, -0.25) is 9.59 Å². The summed E-state index contributed by atoms with van der Waals surface area (Å²) in [4.78, 5) is 27.2. The first-order valence-electron chi connectivity index (χ1n) is 7.39. The van der Waals surface area contributed by atoms with Gasteiger partial charge in [0.25, 0.3) is 0 Å². The standard InChI is InChI=1S/C16H24N2O2/c1-6-15(4,5)18-12(11(2)3)13(19)17-16(14(18)20)9-7-8-10-16/h1,11-12H,7-10H2,2-5H3,(H,17,19). The van der Waals surface area contributed by atoms with Gasteiger partial charge in [-0.05, 0) is 32.6 Å². The number of piperazine rings is 1. The van der Waals surface area contributed by atoms with Crippen LogP contribution in [0, 0.1) is 18.3 Å². The first-order valence-corrected chi connectivity index (χ1v) is 7.39. The summed E-state index contributed by atoms with van der Waals surface area (Å²) < 4.78 is 0. The maximum Gasteiger partial charge on any atom is 0.250 e. The van der Waals surface area contributed by atoms with Crippen LogP contribution in [0.4, 0.5) is 0 Å². The van der Waals surface area contributed by atoms with Crippen LogP contribution in [-0.4, -0.2) is 33.8 Å². The van der Waals surface area contributed by atoms with Crippen LogP contribution in [0.25, 0.3) is 0 Å². The Balaban J connectivity index is 2.47. The minimum absolute atomic E-state index is 0.00347. The van der Waals surface area contributed by atoms with Crippen LogP contribution in [0.2, 0.25) is 0 Å². The van der Waals surface area contributed by atoms with Crippen LogP contribution in [-0.2, 0) is 9.59 Å². The molecule has 2 aliphatic rings. The van der Waals surface area contributed by atoms with Crippen LogP contribution in [0.5, 0.6) is 0 Å². The molecule has 2 fully saturated rings. The lowest BCUT2D eigenvalue weighted by atomic mass is 9.84. The smallest absolute Gasteiger partial charge is 0.250 e. The zero-order valence-corrected chi connectivity index (χ0v) is 12.8. The molecule has 1 saturated heterocycles. The Bertz CT molecular complexity index is 467. The largest absolute Gasteiger partial charge is 0.340 e. The molecule has 20 heavy (non-hydrogen) atoms. The van der Waals surface area contributed by atoms with Crippen molar-refractivity contribution in [3.05, 3.63) is 0 Å². The normalized spacial score (nSPS) is 26.0. The third kappa shape index (κ3) is 2.09. The van der Waals surface area contributed by atoms with Gasteiger partial charge >= 0.3 is 0 Å². The number of nitrogens with zero attached hydrogens (tertiary/aromatic N) is 1. The van der Waals surface area contributed by atoms with Crippen molar-refractivity contribution in [3.63, 3.8) is 0 Å². The van der Waals surface area contributed by atoms with Crippen LogP contribution in [0.1, 0.15) is 53.4 Å². The first-order chi connectivity index (χ1) is 9.25. The van der Waals surface area contributed by atoms with E-state index in [1.165, 1.54) is 0 Å². The summed E-state index contributed by atoms with van der Waals surface area (Å²) in [5, 5.41) is 3.00. The summed E-state index contributed by atoms with van der Waals surface area (Å²) in [5.41, 5.74) is -1.46. The number of nitrogens with one attached hydrogen (secondary N) is 1. The fourth-order valence-corrected chi connectivity index (χ4v) is 3.43. The topological polar surface area (TPSA) is 49.4 Å². The maximum atomic E-state index is 13.0. The molecule has 0 aromatic carbocycles. The van der Waals surface area contributed by atoms with Gasteiger partial charge in [-0.25, -0.2) is 0 Å². The van der Waals surface area contributed by atoms with Crippen molar-refractivity contribution >= 4 is 11.8 Å². The van der Waals surface area contributed by atoms with E-state index in [1.807, 2.05) is 27.7 Å². The van der Waals surface area contributed by atoms with E-state index in [0.717, 1.165) is 25.7 Å². The summed E-state index contributed by atoms with van der Waals surface area (Å²) in [6.45, 7) is 7.57. The summed E-state index contributed by atoms with van der Waals surface area (Å²) >= 11 is 0. The highest BCUT2D eigenvalue weighted by atomic mass is 16.2. The molecule has 2 rings (SSSR count). The van der Waals surface area contributed by atoms with Crippen LogP contribution in [0.3, 0.4) is 0 Å². The predicted molar refractivity (Wildman–Crippen MR) is 77.7 cm³/mol. The van der Waals surface area contributed by atoms with E-state index in [0.29, 0.717) is 0 Å². The van der Waals surface area contributed by atoms with E-state index in [4.69, 9.17) is 6.42 Å². The highest BCUT2D eigenvalue weighted by Crippen LogP contribution is 2.38. The second-order valence-corrected chi connectivity index (χ2v) is 6.85. The molecule has 1 aliphatic heterocycles. The molecule has 110 valence electrons. The molecule has 2 amide bonds. The molecular formula is C16H24N2O2. The molecule has 0 aromatic heterocycles. The highest BCUT2D eigenvalue weighted by molar-refractivity contribution is 6.00. The lowest BCUT2D eigenvalue weighted by molar-refractivity contribution is -0.161. The minimum Gasteiger partial charge on any atom is -0.340 e. The van der Waals surface area contributed by atoms with E-state index >= 15 is 0 Å². The average molecular weight is 276 g/mol. The summed E-state index contributed by atoms with van der Waals surface area (Å²) in [5.74, 6) is 2.64.